The molecule has 3 heterocycles. The highest BCUT2D eigenvalue weighted by molar-refractivity contribution is 6.05. The van der Waals surface area contributed by atoms with Gasteiger partial charge in [-0.05, 0) is 55.0 Å². The summed E-state index contributed by atoms with van der Waals surface area (Å²) in [5, 5.41) is 2.34. The summed E-state index contributed by atoms with van der Waals surface area (Å²) in [5.74, 6) is -0.314. The average Bonchev–Trinajstić information content (AvgIpc) is 2.93. The second-order valence-corrected chi connectivity index (χ2v) is 7.62. The molecule has 1 aromatic carbocycles. The van der Waals surface area contributed by atoms with E-state index < -0.39 is 6.04 Å². The van der Waals surface area contributed by atoms with Gasteiger partial charge in [-0.15, -0.1) is 0 Å². The molecule has 0 spiro atoms. The Bertz CT molecular complexity index is 781. The molecule has 0 bridgehead atoms. The molecular weight excluding hydrogens is 329 g/mol. The Hall–Kier alpha value is -2.15. The van der Waals surface area contributed by atoms with Crippen LogP contribution in [0.3, 0.4) is 0 Å². The first-order chi connectivity index (χ1) is 12.4. The average molecular weight is 351 g/mol. The number of nitrogens with zero attached hydrogens (tertiary/aromatic N) is 2. The van der Waals surface area contributed by atoms with E-state index in [-0.39, 0.29) is 24.1 Å². The molecule has 3 unspecified atom stereocenters. The summed E-state index contributed by atoms with van der Waals surface area (Å²) in [6, 6.07) is 5.81. The maximum atomic E-state index is 12.7. The number of rotatable bonds is 2. The predicted molar refractivity (Wildman–Crippen MR) is 96.4 cm³/mol. The standard InChI is InChI=1S/C19H22BN3O3/c1-11-8-13(6-7-23(11)20)12-2-3-15-14(9-12)10-22(19(15)26)16-4-5-17(24)21-18(16)25/h2-3,9,11,13,16H,4-8,10H2,1H3,(H,21,24,25). The molecule has 0 aliphatic carbocycles. The molecule has 1 N–H and O–H groups in total. The minimum atomic E-state index is -0.559. The lowest BCUT2D eigenvalue weighted by Crippen LogP contribution is -2.52. The summed E-state index contributed by atoms with van der Waals surface area (Å²) in [7, 11) is 5.97. The van der Waals surface area contributed by atoms with Crippen LogP contribution in [-0.2, 0) is 16.1 Å². The molecule has 0 aromatic heterocycles. The number of fused-ring (bicyclic) bond motifs is 1. The van der Waals surface area contributed by atoms with Gasteiger partial charge in [0.15, 0.2) is 7.98 Å². The van der Waals surface area contributed by atoms with E-state index in [1.807, 2.05) is 16.9 Å². The monoisotopic (exact) mass is 351 g/mol. The molecule has 0 saturated carbocycles. The molecule has 2 fully saturated rings. The zero-order valence-electron chi connectivity index (χ0n) is 14.9. The molecule has 2 saturated heterocycles. The lowest BCUT2D eigenvalue weighted by atomic mass is 9.83. The third-order valence-electron chi connectivity index (χ3n) is 5.95. The van der Waals surface area contributed by atoms with Gasteiger partial charge < -0.3 is 9.71 Å². The van der Waals surface area contributed by atoms with Crippen molar-refractivity contribution in [3.63, 3.8) is 0 Å². The van der Waals surface area contributed by atoms with Crippen LogP contribution in [0.5, 0.6) is 0 Å². The van der Waals surface area contributed by atoms with Crippen LogP contribution in [0.25, 0.3) is 0 Å². The Morgan fingerprint density at radius 1 is 1.19 bits per heavy atom. The summed E-state index contributed by atoms with van der Waals surface area (Å²) in [6.45, 7) is 3.43. The van der Waals surface area contributed by atoms with Gasteiger partial charge in [-0.2, -0.15) is 0 Å². The highest BCUT2D eigenvalue weighted by Gasteiger charge is 2.39. The molecule has 4 rings (SSSR count). The molecule has 6 nitrogen and oxygen atoms in total. The van der Waals surface area contributed by atoms with Gasteiger partial charge in [0.2, 0.25) is 11.8 Å². The molecule has 1 aromatic rings. The molecule has 3 aliphatic rings. The van der Waals surface area contributed by atoms with Crippen LogP contribution in [0.2, 0.25) is 0 Å². The van der Waals surface area contributed by atoms with Crippen LogP contribution >= 0.6 is 0 Å². The van der Waals surface area contributed by atoms with Gasteiger partial charge in [-0.25, -0.2) is 0 Å². The van der Waals surface area contributed by atoms with E-state index in [1.54, 1.807) is 4.90 Å². The van der Waals surface area contributed by atoms with Crippen molar-refractivity contribution in [2.45, 2.75) is 57.2 Å². The van der Waals surface area contributed by atoms with Crippen LogP contribution in [0, 0.1) is 0 Å². The molecular formula is C19H22BN3O3. The van der Waals surface area contributed by atoms with Crippen LogP contribution in [-0.4, -0.2) is 54.0 Å². The van der Waals surface area contributed by atoms with E-state index in [1.165, 1.54) is 5.56 Å². The summed E-state index contributed by atoms with van der Waals surface area (Å²) >= 11 is 0. The van der Waals surface area contributed by atoms with Crippen LogP contribution in [0.4, 0.5) is 0 Å². The Kier molecular flexibility index (Phi) is 4.35. The van der Waals surface area contributed by atoms with E-state index in [9.17, 15) is 14.4 Å². The topological polar surface area (TPSA) is 69.7 Å². The number of carbonyl (C=O) groups is 3. The number of amides is 3. The fourth-order valence-electron chi connectivity index (χ4n) is 4.34. The molecule has 26 heavy (non-hydrogen) atoms. The van der Waals surface area contributed by atoms with Crippen molar-refractivity contribution in [3.8, 4) is 0 Å². The minimum absolute atomic E-state index is 0.119. The van der Waals surface area contributed by atoms with Gasteiger partial charge in [0.05, 0.1) is 0 Å². The minimum Gasteiger partial charge on any atom is -0.351 e. The first kappa shape index (κ1) is 17.3. The second-order valence-electron chi connectivity index (χ2n) is 7.62. The van der Waals surface area contributed by atoms with E-state index >= 15 is 0 Å². The smallest absolute Gasteiger partial charge is 0.255 e. The molecule has 3 atom stereocenters. The summed E-state index contributed by atoms with van der Waals surface area (Å²) in [4.78, 5) is 39.7. The van der Waals surface area contributed by atoms with Gasteiger partial charge in [-0.3, -0.25) is 19.7 Å². The van der Waals surface area contributed by atoms with Gasteiger partial charge in [-0.1, -0.05) is 19.1 Å². The van der Waals surface area contributed by atoms with Crippen LogP contribution < -0.4 is 5.32 Å². The first-order valence-corrected chi connectivity index (χ1v) is 9.23. The lowest BCUT2D eigenvalue weighted by Gasteiger charge is -2.36. The Morgan fingerprint density at radius 3 is 2.73 bits per heavy atom. The predicted octanol–water partition coefficient (Wildman–Crippen LogP) is 1.10. The van der Waals surface area contributed by atoms with Gasteiger partial charge in [0, 0.05) is 18.5 Å². The summed E-state index contributed by atoms with van der Waals surface area (Å²) in [6.07, 6.45) is 2.67. The Labute approximate surface area is 154 Å². The van der Waals surface area contributed by atoms with E-state index in [4.69, 9.17) is 7.98 Å². The van der Waals surface area contributed by atoms with Crippen LogP contribution in [0.1, 0.15) is 60.0 Å². The maximum absolute atomic E-state index is 12.7. The summed E-state index contributed by atoms with van der Waals surface area (Å²) < 4.78 is 0. The van der Waals surface area contributed by atoms with Crippen molar-refractivity contribution < 1.29 is 14.4 Å². The third-order valence-corrected chi connectivity index (χ3v) is 5.95. The van der Waals surface area contributed by atoms with Gasteiger partial charge in [0.1, 0.15) is 6.04 Å². The maximum Gasteiger partial charge on any atom is 0.255 e. The molecule has 3 amide bonds. The Balaban J connectivity index is 1.53. The van der Waals surface area contributed by atoms with Gasteiger partial charge in [0.25, 0.3) is 5.91 Å². The largest absolute Gasteiger partial charge is 0.351 e. The zero-order valence-corrected chi connectivity index (χ0v) is 14.9. The van der Waals surface area contributed by atoms with E-state index in [0.717, 1.165) is 24.9 Å². The quantitative estimate of drug-likeness (QED) is 0.640. The number of benzene rings is 1. The van der Waals surface area contributed by atoms with Crippen molar-refractivity contribution in [2.75, 3.05) is 6.54 Å². The van der Waals surface area contributed by atoms with Crippen molar-refractivity contribution in [2.24, 2.45) is 0 Å². The highest BCUT2D eigenvalue weighted by atomic mass is 16.2. The number of piperidine rings is 2. The number of hydrogen-bond acceptors (Lipinski definition) is 4. The second kappa shape index (κ2) is 6.54. The summed E-state index contributed by atoms with van der Waals surface area (Å²) in [5.41, 5.74) is 2.88. The number of carbonyl (C=O) groups excluding carboxylic acids is 3. The van der Waals surface area contributed by atoms with E-state index in [2.05, 4.69) is 18.3 Å². The zero-order chi connectivity index (χ0) is 18.4. The molecule has 134 valence electrons. The van der Waals surface area contributed by atoms with Crippen molar-refractivity contribution in [1.29, 1.82) is 0 Å². The van der Waals surface area contributed by atoms with Crippen molar-refractivity contribution in [3.05, 3.63) is 34.9 Å². The number of nitrogens with one attached hydrogen (secondary N) is 1. The molecule has 2 radical (unpaired) electrons. The number of imide groups is 1. The van der Waals surface area contributed by atoms with Crippen molar-refractivity contribution >= 4 is 25.7 Å². The van der Waals surface area contributed by atoms with Crippen molar-refractivity contribution in [1.82, 2.24) is 15.0 Å². The van der Waals surface area contributed by atoms with Gasteiger partial charge >= 0.3 is 0 Å². The SMILES string of the molecule is [B]N1CCC(c2ccc3c(c2)CN(C2CCC(=O)NC2=O)C3=O)CC1C. The normalized spacial score (nSPS) is 29.7. The fraction of sp³-hybridized carbons (Fsp3) is 0.526. The third kappa shape index (κ3) is 2.94. The molecule has 7 heteroatoms. The lowest BCUT2D eigenvalue weighted by molar-refractivity contribution is -0.136. The fourth-order valence-corrected chi connectivity index (χ4v) is 4.34. The van der Waals surface area contributed by atoms with E-state index in [0.29, 0.717) is 30.5 Å². The Morgan fingerprint density at radius 2 is 2.00 bits per heavy atom. The number of hydrogen-bond donors (Lipinski definition) is 1. The van der Waals surface area contributed by atoms with Crippen LogP contribution in [0.15, 0.2) is 18.2 Å². The highest BCUT2D eigenvalue weighted by Crippen LogP contribution is 2.34. The first-order valence-electron chi connectivity index (χ1n) is 9.23. The molecule has 3 aliphatic heterocycles.